The SMILES string of the molecule is CC(=O)NC1CCN(Cc2ccc(CC(=O)NN)cc2)C1. The molecule has 1 heterocycles. The first-order chi connectivity index (χ1) is 10.1. The minimum Gasteiger partial charge on any atom is -0.352 e. The van der Waals surface area contributed by atoms with E-state index in [4.69, 9.17) is 5.84 Å². The molecule has 1 aliphatic rings. The Morgan fingerprint density at radius 3 is 2.57 bits per heavy atom. The Balaban J connectivity index is 1.84. The third-order valence-electron chi connectivity index (χ3n) is 3.63. The van der Waals surface area contributed by atoms with E-state index >= 15 is 0 Å². The number of hydrazine groups is 1. The Kier molecular flexibility index (Phi) is 5.30. The molecule has 21 heavy (non-hydrogen) atoms. The number of carbonyl (C=O) groups is 2. The molecule has 0 saturated carbocycles. The van der Waals surface area contributed by atoms with E-state index in [9.17, 15) is 9.59 Å². The van der Waals surface area contributed by atoms with E-state index in [2.05, 4.69) is 15.6 Å². The summed E-state index contributed by atoms with van der Waals surface area (Å²) in [5, 5.41) is 2.96. The summed E-state index contributed by atoms with van der Waals surface area (Å²) in [6.45, 7) is 4.29. The van der Waals surface area contributed by atoms with Gasteiger partial charge in [0.2, 0.25) is 11.8 Å². The number of hydrogen-bond acceptors (Lipinski definition) is 4. The van der Waals surface area contributed by atoms with Crippen molar-refractivity contribution in [2.45, 2.75) is 32.4 Å². The van der Waals surface area contributed by atoms with Gasteiger partial charge in [0, 0.05) is 32.6 Å². The number of rotatable bonds is 5. The smallest absolute Gasteiger partial charge is 0.238 e. The van der Waals surface area contributed by atoms with Crippen LogP contribution in [0.25, 0.3) is 0 Å². The molecule has 0 bridgehead atoms. The van der Waals surface area contributed by atoms with E-state index in [1.165, 1.54) is 5.56 Å². The molecule has 4 N–H and O–H groups in total. The van der Waals surface area contributed by atoms with Crippen LogP contribution in [0.15, 0.2) is 24.3 Å². The first-order valence-electron chi connectivity index (χ1n) is 7.13. The Hall–Kier alpha value is -1.92. The van der Waals surface area contributed by atoms with Crippen molar-refractivity contribution in [2.75, 3.05) is 13.1 Å². The van der Waals surface area contributed by atoms with Crippen LogP contribution in [0.2, 0.25) is 0 Å². The topological polar surface area (TPSA) is 87.5 Å². The normalized spacial score (nSPS) is 18.5. The number of likely N-dealkylation sites (tertiary alicyclic amines) is 1. The number of nitrogens with zero attached hydrogens (tertiary/aromatic N) is 1. The van der Waals surface area contributed by atoms with Gasteiger partial charge in [-0.15, -0.1) is 0 Å². The van der Waals surface area contributed by atoms with Crippen molar-refractivity contribution in [3.8, 4) is 0 Å². The number of amides is 2. The fraction of sp³-hybridized carbons (Fsp3) is 0.467. The molecule has 0 radical (unpaired) electrons. The van der Waals surface area contributed by atoms with E-state index in [1.54, 1.807) is 6.92 Å². The molecule has 1 saturated heterocycles. The average Bonchev–Trinajstić information content (AvgIpc) is 2.87. The van der Waals surface area contributed by atoms with Crippen LogP contribution in [-0.2, 0) is 22.6 Å². The Morgan fingerprint density at radius 2 is 1.95 bits per heavy atom. The van der Waals surface area contributed by atoms with Gasteiger partial charge in [-0.25, -0.2) is 5.84 Å². The molecular weight excluding hydrogens is 268 g/mol. The van der Waals surface area contributed by atoms with Gasteiger partial charge in [-0.1, -0.05) is 24.3 Å². The molecule has 2 rings (SSSR count). The van der Waals surface area contributed by atoms with Crippen molar-refractivity contribution in [3.05, 3.63) is 35.4 Å². The fourth-order valence-electron chi connectivity index (χ4n) is 2.64. The van der Waals surface area contributed by atoms with Crippen LogP contribution in [0, 0.1) is 0 Å². The largest absolute Gasteiger partial charge is 0.352 e. The average molecular weight is 290 g/mol. The highest BCUT2D eigenvalue weighted by atomic mass is 16.2. The summed E-state index contributed by atoms with van der Waals surface area (Å²) < 4.78 is 0. The van der Waals surface area contributed by atoms with E-state index in [0.29, 0.717) is 6.42 Å². The van der Waals surface area contributed by atoms with Crippen molar-refractivity contribution >= 4 is 11.8 Å². The van der Waals surface area contributed by atoms with E-state index in [-0.39, 0.29) is 17.9 Å². The molecule has 1 aliphatic heterocycles. The molecule has 1 unspecified atom stereocenters. The summed E-state index contributed by atoms with van der Waals surface area (Å²) in [5.74, 6) is 4.91. The van der Waals surface area contributed by atoms with E-state index in [0.717, 1.165) is 31.6 Å². The lowest BCUT2D eigenvalue weighted by Gasteiger charge is -2.16. The number of carbonyl (C=O) groups excluding carboxylic acids is 2. The van der Waals surface area contributed by atoms with Gasteiger partial charge in [0.05, 0.1) is 6.42 Å². The van der Waals surface area contributed by atoms with Crippen LogP contribution in [0.3, 0.4) is 0 Å². The van der Waals surface area contributed by atoms with Gasteiger partial charge < -0.3 is 5.32 Å². The van der Waals surface area contributed by atoms with Crippen molar-refractivity contribution in [3.63, 3.8) is 0 Å². The zero-order valence-corrected chi connectivity index (χ0v) is 12.3. The van der Waals surface area contributed by atoms with Gasteiger partial charge in [-0.05, 0) is 17.5 Å². The number of hydrogen-bond donors (Lipinski definition) is 3. The van der Waals surface area contributed by atoms with E-state index in [1.807, 2.05) is 24.3 Å². The molecule has 1 atom stereocenters. The van der Waals surface area contributed by atoms with Gasteiger partial charge in [-0.2, -0.15) is 0 Å². The molecule has 1 fully saturated rings. The maximum absolute atomic E-state index is 11.2. The zero-order valence-electron chi connectivity index (χ0n) is 12.3. The summed E-state index contributed by atoms with van der Waals surface area (Å²) in [6, 6.07) is 8.23. The lowest BCUT2D eigenvalue weighted by Crippen LogP contribution is -2.35. The molecule has 114 valence electrons. The molecule has 1 aromatic rings. The third-order valence-corrected chi connectivity index (χ3v) is 3.63. The van der Waals surface area contributed by atoms with Gasteiger partial charge in [0.25, 0.3) is 0 Å². The molecule has 1 aromatic carbocycles. The van der Waals surface area contributed by atoms with Crippen LogP contribution in [0.1, 0.15) is 24.5 Å². The quantitative estimate of drug-likeness (QED) is 0.402. The molecule has 0 aromatic heterocycles. The summed E-state index contributed by atoms with van der Waals surface area (Å²) >= 11 is 0. The predicted molar refractivity (Wildman–Crippen MR) is 80.0 cm³/mol. The Labute approximate surface area is 124 Å². The second-order valence-corrected chi connectivity index (χ2v) is 5.48. The minimum atomic E-state index is -0.194. The number of nitrogens with two attached hydrogens (primary N) is 1. The van der Waals surface area contributed by atoms with Crippen LogP contribution in [-0.4, -0.2) is 35.8 Å². The maximum Gasteiger partial charge on any atom is 0.238 e. The predicted octanol–water partition coefficient (Wildman–Crippen LogP) is -0.0706. The monoisotopic (exact) mass is 290 g/mol. The van der Waals surface area contributed by atoms with Crippen LogP contribution < -0.4 is 16.6 Å². The fourth-order valence-corrected chi connectivity index (χ4v) is 2.64. The van der Waals surface area contributed by atoms with Gasteiger partial charge in [-0.3, -0.25) is 19.9 Å². The summed E-state index contributed by atoms with van der Waals surface area (Å²) in [7, 11) is 0. The van der Waals surface area contributed by atoms with Crippen molar-refractivity contribution in [2.24, 2.45) is 5.84 Å². The second-order valence-electron chi connectivity index (χ2n) is 5.48. The van der Waals surface area contributed by atoms with Crippen molar-refractivity contribution < 1.29 is 9.59 Å². The van der Waals surface area contributed by atoms with Crippen molar-refractivity contribution in [1.29, 1.82) is 0 Å². The molecule has 0 spiro atoms. The highest BCUT2D eigenvalue weighted by Crippen LogP contribution is 2.14. The summed E-state index contributed by atoms with van der Waals surface area (Å²) in [4.78, 5) is 24.6. The number of nitrogens with one attached hydrogen (secondary N) is 2. The third kappa shape index (κ3) is 4.84. The van der Waals surface area contributed by atoms with Gasteiger partial charge in [0.1, 0.15) is 0 Å². The number of benzene rings is 1. The van der Waals surface area contributed by atoms with Gasteiger partial charge in [0.15, 0.2) is 0 Å². The summed E-state index contributed by atoms with van der Waals surface area (Å²) in [5.41, 5.74) is 4.27. The molecular formula is C15H22N4O2. The van der Waals surface area contributed by atoms with Crippen LogP contribution in [0.4, 0.5) is 0 Å². The van der Waals surface area contributed by atoms with Crippen LogP contribution in [0.5, 0.6) is 0 Å². The molecule has 2 amide bonds. The molecule has 6 heteroatoms. The molecule has 6 nitrogen and oxygen atoms in total. The highest BCUT2D eigenvalue weighted by Gasteiger charge is 2.22. The van der Waals surface area contributed by atoms with E-state index < -0.39 is 0 Å². The van der Waals surface area contributed by atoms with Crippen LogP contribution >= 0.6 is 0 Å². The Morgan fingerprint density at radius 1 is 1.29 bits per heavy atom. The lowest BCUT2D eigenvalue weighted by atomic mass is 10.1. The standard InChI is InChI=1S/C15H22N4O2/c1-11(20)17-14-6-7-19(10-14)9-13-4-2-12(3-5-13)8-15(21)18-16/h2-5,14H,6-10,16H2,1H3,(H,17,20)(H,18,21). The first kappa shape index (κ1) is 15.5. The summed E-state index contributed by atoms with van der Waals surface area (Å²) in [6.07, 6.45) is 1.29. The Bertz CT molecular complexity index is 501. The van der Waals surface area contributed by atoms with Crippen molar-refractivity contribution in [1.82, 2.24) is 15.6 Å². The van der Waals surface area contributed by atoms with Gasteiger partial charge >= 0.3 is 0 Å². The second kappa shape index (κ2) is 7.19. The maximum atomic E-state index is 11.2. The zero-order chi connectivity index (χ0) is 15.2. The minimum absolute atomic E-state index is 0.0318. The highest BCUT2D eigenvalue weighted by molar-refractivity contribution is 5.77. The first-order valence-corrected chi connectivity index (χ1v) is 7.13. The molecule has 0 aliphatic carbocycles. The lowest BCUT2D eigenvalue weighted by molar-refractivity contribution is -0.121.